The van der Waals surface area contributed by atoms with Crippen molar-refractivity contribution in [2.75, 3.05) is 10.2 Å². The summed E-state index contributed by atoms with van der Waals surface area (Å²) in [7, 11) is 0. The quantitative estimate of drug-likeness (QED) is 0.300. The molecule has 0 aromatic heterocycles. The summed E-state index contributed by atoms with van der Waals surface area (Å²) in [5.74, 6) is -4.73. The summed E-state index contributed by atoms with van der Waals surface area (Å²) in [5, 5.41) is 13.9. The number of carbonyl (C=O) groups excluding carboxylic acids is 3. The van der Waals surface area contributed by atoms with Gasteiger partial charge in [0.15, 0.2) is 0 Å². The molecule has 0 aliphatic carbocycles. The normalized spacial score (nSPS) is 23.2. The number of nitrogens with one attached hydrogen (secondary N) is 1. The van der Waals surface area contributed by atoms with Crippen molar-refractivity contribution in [3.8, 4) is 0 Å². The summed E-state index contributed by atoms with van der Waals surface area (Å²) < 4.78 is 14.7. The lowest BCUT2D eigenvalue weighted by atomic mass is 9.84. The summed E-state index contributed by atoms with van der Waals surface area (Å²) >= 11 is 5.90. The van der Waals surface area contributed by atoms with E-state index in [1.165, 1.54) is 30.3 Å². The Kier molecular flexibility index (Phi) is 5.50. The Hall–Kier alpha value is -4.57. The van der Waals surface area contributed by atoms with Crippen molar-refractivity contribution in [2.24, 2.45) is 11.8 Å². The van der Waals surface area contributed by atoms with Gasteiger partial charge in [0.2, 0.25) is 17.7 Å². The molecule has 3 aromatic carbocycles. The number of anilines is 2. The molecule has 0 unspecified atom stereocenters. The molecular formula is C27H18ClFN4O5. The highest BCUT2D eigenvalue weighted by molar-refractivity contribution is 6.32. The molecule has 0 bridgehead atoms. The average molecular weight is 533 g/mol. The summed E-state index contributed by atoms with van der Waals surface area (Å²) in [6, 6.07) is 14.9. The zero-order valence-corrected chi connectivity index (χ0v) is 20.2. The molecule has 6 rings (SSSR count). The predicted octanol–water partition coefficient (Wildman–Crippen LogP) is 4.54. The van der Waals surface area contributed by atoms with Crippen molar-refractivity contribution >= 4 is 52.5 Å². The second-order valence-electron chi connectivity index (χ2n) is 9.21. The van der Waals surface area contributed by atoms with Crippen molar-refractivity contribution in [1.82, 2.24) is 4.90 Å². The van der Waals surface area contributed by atoms with Crippen molar-refractivity contribution in [3.05, 3.63) is 105 Å². The van der Waals surface area contributed by atoms with Gasteiger partial charge in [-0.3, -0.25) is 24.5 Å². The maximum absolute atomic E-state index is 14.7. The lowest BCUT2D eigenvalue weighted by Crippen LogP contribution is -2.46. The molecule has 3 amide bonds. The summed E-state index contributed by atoms with van der Waals surface area (Å²) in [4.78, 5) is 54.4. The van der Waals surface area contributed by atoms with E-state index in [0.717, 1.165) is 28.2 Å². The molecule has 4 atom stereocenters. The molecule has 190 valence electrons. The van der Waals surface area contributed by atoms with Crippen LogP contribution in [0.15, 0.2) is 72.9 Å². The van der Waals surface area contributed by atoms with Crippen LogP contribution >= 0.6 is 11.6 Å². The highest BCUT2D eigenvalue weighted by Crippen LogP contribution is 2.53. The van der Waals surface area contributed by atoms with Gasteiger partial charge in [0, 0.05) is 18.0 Å². The largest absolute Gasteiger partial charge is 0.357 e. The fourth-order valence-electron chi connectivity index (χ4n) is 5.67. The molecule has 3 heterocycles. The number of benzene rings is 3. The molecule has 3 aromatic rings. The Morgan fingerprint density at radius 1 is 1.00 bits per heavy atom. The van der Waals surface area contributed by atoms with Gasteiger partial charge in [-0.25, -0.2) is 9.29 Å². The monoisotopic (exact) mass is 532 g/mol. The SMILES string of the molecule is O=C(Nc1ccc(Cl)c([N+](=O)[O-])c1)[C@@H]1[C@@H]2C(=O)N(c3ccccc3F)C(=O)[C@@H]2[C@@H]2c3ccccc3C=CN12. The van der Waals surface area contributed by atoms with E-state index < -0.39 is 58.1 Å². The number of hydrogen-bond donors (Lipinski definition) is 1. The van der Waals surface area contributed by atoms with E-state index in [2.05, 4.69) is 5.32 Å². The van der Waals surface area contributed by atoms with E-state index in [1.807, 2.05) is 18.2 Å². The van der Waals surface area contributed by atoms with Crippen LogP contribution in [0.1, 0.15) is 17.2 Å². The molecular weight excluding hydrogens is 515 g/mol. The number of halogens is 2. The van der Waals surface area contributed by atoms with E-state index in [-0.39, 0.29) is 16.4 Å². The molecule has 2 fully saturated rings. The van der Waals surface area contributed by atoms with E-state index in [4.69, 9.17) is 11.6 Å². The first-order valence-electron chi connectivity index (χ1n) is 11.7. The Morgan fingerprint density at radius 3 is 2.47 bits per heavy atom. The Labute approximate surface area is 220 Å². The highest BCUT2D eigenvalue weighted by atomic mass is 35.5. The third-order valence-electron chi connectivity index (χ3n) is 7.23. The van der Waals surface area contributed by atoms with Crippen LogP contribution in [0.25, 0.3) is 6.08 Å². The minimum absolute atomic E-state index is 0.0957. The van der Waals surface area contributed by atoms with Gasteiger partial charge in [-0.05, 0) is 41.5 Å². The van der Waals surface area contributed by atoms with Gasteiger partial charge >= 0.3 is 0 Å². The first-order valence-corrected chi connectivity index (χ1v) is 12.1. The molecule has 11 heteroatoms. The van der Waals surface area contributed by atoms with Crippen LogP contribution in [0, 0.1) is 27.8 Å². The molecule has 3 aliphatic rings. The summed E-state index contributed by atoms with van der Waals surface area (Å²) in [6.07, 6.45) is 3.47. The molecule has 38 heavy (non-hydrogen) atoms. The van der Waals surface area contributed by atoms with Crippen LogP contribution in [0.3, 0.4) is 0 Å². The van der Waals surface area contributed by atoms with Gasteiger partial charge in [0.25, 0.3) is 5.69 Å². The second kappa shape index (κ2) is 8.77. The minimum Gasteiger partial charge on any atom is -0.357 e. The van der Waals surface area contributed by atoms with Crippen LogP contribution in [-0.2, 0) is 14.4 Å². The van der Waals surface area contributed by atoms with Crippen LogP contribution < -0.4 is 10.2 Å². The van der Waals surface area contributed by atoms with Crippen LogP contribution in [0.2, 0.25) is 5.02 Å². The van der Waals surface area contributed by atoms with Gasteiger partial charge in [-0.2, -0.15) is 0 Å². The third kappa shape index (κ3) is 3.48. The second-order valence-corrected chi connectivity index (χ2v) is 9.62. The predicted molar refractivity (Wildman–Crippen MR) is 136 cm³/mol. The standard InChI is InChI=1S/C27H18ClFN4O5/c28-17-10-9-15(13-20(17)33(37)38)30-25(34)24-22-21(23-16-6-2-1-5-14(16)11-12-31(23)24)26(35)32(27(22)36)19-8-4-3-7-18(19)29/h1-13,21-24H,(H,30,34)/t21-,22+,23-,24-/m0/s1. The van der Waals surface area contributed by atoms with E-state index >= 15 is 0 Å². The van der Waals surface area contributed by atoms with E-state index in [1.54, 1.807) is 23.2 Å². The zero-order chi connectivity index (χ0) is 26.7. The van der Waals surface area contributed by atoms with Gasteiger partial charge in [0.05, 0.1) is 28.5 Å². The lowest BCUT2D eigenvalue weighted by Gasteiger charge is -2.35. The molecule has 1 N–H and O–H groups in total. The fourth-order valence-corrected chi connectivity index (χ4v) is 5.86. The van der Waals surface area contributed by atoms with Crippen LogP contribution in [0.5, 0.6) is 0 Å². The van der Waals surface area contributed by atoms with Gasteiger partial charge in [-0.15, -0.1) is 0 Å². The number of nitrogens with zero attached hydrogens (tertiary/aromatic N) is 3. The van der Waals surface area contributed by atoms with Gasteiger partial charge in [0.1, 0.15) is 16.9 Å². The number of para-hydroxylation sites is 1. The maximum Gasteiger partial charge on any atom is 0.289 e. The minimum atomic E-state index is -1.14. The smallest absolute Gasteiger partial charge is 0.289 e. The Morgan fingerprint density at radius 2 is 1.71 bits per heavy atom. The summed E-state index contributed by atoms with van der Waals surface area (Å²) in [6.45, 7) is 0. The van der Waals surface area contributed by atoms with E-state index in [9.17, 15) is 28.9 Å². The number of rotatable bonds is 4. The number of carbonyl (C=O) groups is 3. The number of nitro groups is 1. The number of hydrogen-bond acceptors (Lipinski definition) is 6. The fraction of sp³-hybridized carbons (Fsp3) is 0.148. The highest BCUT2D eigenvalue weighted by Gasteiger charge is 2.64. The maximum atomic E-state index is 14.7. The topological polar surface area (TPSA) is 113 Å². The first kappa shape index (κ1) is 23.8. The number of imide groups is 1. The van der Waals surface area contributed by atoms with Crippen molar-refractivity contribution in [3.63, 3.8) is 0 Å². The molecule has 9 nitrogen and oxygen atoms in total. The van der Waals surface area contributed by atoms with Crippen LogP contribution in [0.4, 0.5) is 21.5 Å². The molecule has 0 radical (unpaired) electrons. The zero-order valence-electron chi connectivity index (χ0n) is 19.5. The first-order chi connectivity index (χ1) is 18.3. The number of nitro benzene ring substituents is 1. The summed E-state index contributed by atoms with van der Waals surface area (Å²) in [5.41, 5.74) is 1.15. The van der Waals surface area contributed by atoms with Crippen molar-refractivity contribution < 1.29 is 23.7 Å². The van der Waals surface area contributed by atoms with Crippen molar-refractivity contribution in [2.45, 2.75) is 12.1 Å². The number of amides is 3. The Bertz CT molecular complexity index is 1580. The Balaban J connectivity index is 1.43. The molecule has 2 saturated heterocycles. The van der Waals surface area contributed by atoms with E-state index in [0.29, 0.717) is 0 Å². The van der Waals surface area contributed by atoms with Gasteiger partial charge in [-0.1, -0.05) is 48.0 Å². The molecule has 0 spiro atoms. The molecule has 3 aliphatic heterocycles. The molecule has 0 saturated carbocycles. The van der Waals surface area contributed by atoms with Crippen molar-refractivity contribution in [1.29, 1.82) is 0 Å². The number of fused-ring (bicyclic) bond motifs is 5. The lowest BCUT2D eigenvalue weighted by molar-refractivity contribution is -0.384. The average Bonchev–Trinajstić information content (AvgIpc) is 3.38. The van der Waals surface area contributed by atoms with Gasteiger partial charge < -0.3 is 10.2 Å². The third-order valence-corrected chi connectivity index (χ3v) is 7.55. The van der Waals surface area contributed by atoms with Crippen LogP contribution in [-0.4, -0.2) is 33.6 Å².